The molecular formula is C25H35N3O4S. The van der Waals surface area contributed by atoms with Gasteiger partial charge >= 0.3 is 0 Å². The fraction of sp³-hybridized carbons (Fsp3) is 0.440. The second-order valence-electron chi connectivity index (χ2n) is 8.63. The molecule has 1 atom stereocenters. The Hall–Kier alpha value is -2.87. The van der Waals surface area contributed by atoms with Gasteiger partial charge in [0.2, 0.25) is 21.8 Å². The van der Waals surface area contributed by atoms with Gasteiger partial charge in [0, 0.05) is 13.1 Å². The van der Waals surface area contributed by atoms with Crippen LogP contribution in [0.3, 0.4) is 0 Å². The number of aryl methyl sites for hydroxylation is 1. The number of rotatable bonds is 11. The topological polar surface area (TPSA) is 86.8 Å². The molecule has 1 N–H and O–H groups in total. The molecule has 2 aromatic carbocycles. The molecule has 0 aliphatic rings. The van der Waals surface area contributed by atoms with Crippen LogP contribution in [-0.2, 0) is 26.2 Å². The summed E-state index contributed by atoms with van der Waals surface area (Å²) in [5.41, 5.74) is 2.06. The molecule has 0 heterocycles. The molecule has 2 aromatic rings. The van der Waals surface area contributed by atoms with Crippen LogP contribution >= 0.6 is 0 Å². The summed E-state index contributed by atoms with van der Waals surface area (Å²) in [5.74, 6) is -0.400. The van der Waals surface area contributed by atoms with E-state index in [9.17, 15) is 18.0 Å². The molecule has 0 fully saturated rings. The quantitative estimate of drug-likeness (QED) is 0.542. The average Bonchev–Trinajstić information content (AvgIpc) is 2.76. The van der Waals surface area contributed by atoms with Crippen LogP contribution in [0.15, 0.2) is 54.6 Å². The van der Waals surface area contributed by atoms with Gasteiger partial charge < -0.3 is 10.2 Å². The number of nitrogens with zero attached hydrogens (tertiary/aromatic N) is 2. The minimum atomic E-state index is -3.73. The molecule has 1 unspecified atom stereocenters. The average molecular weight is 474 g/mol. The summed E-state index contributed by atoms with van der Waals surface area (Å²) in [6, 6.07) is 15.7. The smallest absolute Gasteiger partial charge is 0.244 e. The highest BCUT2D eigenvalue weighted by molar-refractivity contribution is 7.92. The van der Waals surface area contributed by atoms with Gasteiger partial charge in [-0.05, 0) is 36.5 Å². The molecule has 2 rings (SSSR count). The van der Waals surface area contributed by atoms with Crippen molar-refractivity contribution in [3.8, 4) is 0 Å². The van der Waals surface area contributed by atoms with E-state index in [1.54, 1.807) is 25.1 Å². The van der Waals surface area contributed by atoms with Crippen LogP contribution in [0.1, 0.15) is 38.3 Å². The normalized spacial score (nSPS) is 12.3. The molecule has 0 aliphatic carbocycles. The second-order valence-corrected chi connectivity index (χ2v) is 10.5. The third kappa shape index (κ3) is 7.60. The van der Waals surface area contributed by atoms with E-state index in [1.165, 1.54) is 4.90 Å². The number of hydrogen-bond acceptors (Lipinski definition) is 4. The van der Waals surface area contributed by atoms with Crippen molar-refractivity contribution in [1.82, 2.24) is 10.2 Å². The fourth-order valence-electron chi connectivity index (χ4n) is 3.56. The molecule has 180 valence electrons. The molecule has 0 saturated carbocycles. The van der Waals surface area contributed by atoms with Gasteiger partial charge in [-0.3, -0.25) is 13.9 Å². The van der Waals surface area contributed by atoms with Crippen LogP contribution in [0.4, 0.5) is 5.69 Å². The van der Waals surface area contributed by atoms with E-state index in [-0.39, 0.29) is 24.9 Å². The van der Waals surface area contributed by atoms with Crippen molar-refractivity contribution in [2.75, 3.05) is 23.7 Å². The Morgan fingerprint density at radius 3 is 2.15 bits per heavy atom. The Labute approximate surface area is 197 Å². The van der Waals surface area contributed by atoms with Crippen LogP contribution in [0, 0.1) is 12.8 Å². The second kappa shape index (κ2) is 11.8. The standard InChI is InChI=1S/C25H35N3O4S/c1-6-22(25(30)26-16-19(2)3)27(17-21-13-8-7-9-14-21)24(29)18-28(33(5,31)32)23-15-11-10-12-20(23)4/h7-15,19,22H,6,16-18H2,1-5H3,(H,26,30). The summed E-state index contributed by atoms with van der Waals surface area (Å²) in [7, 11) is -3.73. The van der Waals surface area contributed by atoms with Crippen molar-refractivity contribution < 1.29 is 18.0 Å². The molecule has 2 amide bonds. The molecule has 0 aromatic heterocycles. The highest BCUT2D eigenvalue weighted by Crippen LogP contribution is 2.23. The van der Waals surface area contributed by atoms with Gasteiger partial charge in [0.1, 0.15) is 12.6 Å². The van der Waals surface area contributed by atoms with Crippen molar-refractivity contribution in [2.24, 2.45) is 5.92 Å². The van der Waals surface area contributed by atoms with E-state index in [2.05, 4.69) is 5.32 Å². The number of nitrogens with one attached hydrogen (secondary N) is 1. The Morgan fingerprint density at radius 2 is 1.61 bits per heavy atom. The van der Waals surface area contributed by atoms with Gasteiger partial charge in [-0.25, -0.2) is 8.42 Å². The number of amides is 2. The van der Waals surface area contributed by atoms with Crippen molar-refractivity contribution in [3.63, 3.8) is 0 Å². The first kappa shape index (κ1) is 26.4. The first-order valence-corrected chi connectivity index (χ1v) is 13.0. The Balaban J connectivity index is 2.40. The van der Waals surface area contributed by atoms with E-state index in [4.69, 9.17) is 0 Å². The molecule has 0 radical (unpaired) electrons. The number of anilines is 1. The lowest BCUT2D eigenvalue weighted by Gasteiger charge is -2.33. The zero-order valence-corrected chi connectivity index (χ0v) is 20.9. The molecule has 0 saturated heterocycles. The summed E-state index contributed by atoms with van der Waals surface area (Å²) in [6.07, 6.45) is 1.49. The van der Waals surface area contributed by atoms with Gasteiger partial charge in [0.15, 0.2) is 0 Å². The van der Waals surface area contributed by atoms with Gasteiger partial charge in [0.05, 0.1) is 11.9 Å². The molecule has 8 heteroatoms. The predicted molar refractivity (Wildman–Crippen MR) is 132 cm³/mol. The summed E-state index contributed by atoms with van der Waals surface area (Å²) >= 11 is 0. The molecule has 0 spiro atoms. The van der Waals surface area contributed by atoms with Crippen molar-refractivity contribution in [3.05, 3.63) is 65.7 Å². The highest BCUT2D eigenvalue weighted by Gasteiger charge is 2.32. The number of hydrogen-bond donors (Lipinski definition) is 1. The van der Waals surface area contributed by atoms with Crippen molar-refractivity contribution in [2.45, 2.75) is 46.7 Å². The van der Waals surface area contributed by atoms with E-state index in [0.29, 0.717) is 18.7 Å². The van der Waals surface area contributed by atoms with Crippen LogP contribution in [0.2, 0.25) is 0 Å². The predicted octanol–water partition coefficient (Wildman–Crippen LogP) is 3.34. The largest absolute Gasteiger partial charge is 0.354 e. The number of para-hydroxylation sites is 1. The number of carbonyl (C=O) groups is 2. The number of carbonyl (C=O) groups excluding carboxylic acids is 2. The zero-order valence-electron chi connectivity index (χ0n) is 20.1. The van der Waals surface area contributed by atoms with Crippen LogP contribution < -0.4 is 9.62 Å². The van der Waals surface area contributed by atoms with Gasteiger partial charge in [0.25, 0.3) is 0 Å². The summed E-state index contributed by atoms with van der Waals surface area (Å²) in [5, 5.41) is 2.91. The van der Waals surface area contributed by atoms with E-state index >= 15 is 0 Å². The van der Waals surface area contributed by atoms with Crippen LogP contribution in [0.5, 0.6) is 0 Å². The third-order valence-corrected chi connectivity index (χ3v) is 6.46. The Bertz CT molecular complexity index is 1040. The third-order valence-electron chi connectivity index (χ3n) is 5.33. The van der Waals surface area contributed by atoms with Gasteiger partial charge in [-0.15, -0.1) is 0 Å². The van der Waals surface area contributed by atoms with Crippen molar-refractivity contribution >= 4 is 27.5 Å². The lowest BCUT2D eigenvalue weighted by Crippen LogP contribution is -2.52. The summed E-state index contributed by atoms with van der Waals surface area (Å²) < 4.78 is 26.4. The molecule has 0 bridgehead atoms. The van der Waals surface area contributed by atoms with Gasteiger partial charge in [-0.2, -0.15) is 0 Å². The van der Waals surface area contributed by atoms with Crippen LogP contribution in [0.25, 0.3) is 0 Å². The molecule has 0 aliphatic heterocycles. The Kier molecular flexibility index (Phi) is 9.46. The van der Waals surface area contributed by atoms with Crippen LogP contribution in [-0.4, -0.2) is 50.5 Å². The first-order chi connectivity index (χ1) is 15.5. The number of benzene rings is 2. The maximum Gasteiger partial charge on any atom is 0.244 e. The summed E-state index contributed by atoms with van der Waals surface area (Å²) in [4.78, 5) is 28.0. The van der Waals surface area contributed by atoms with Crippen molar-refractivity contribution in [1.29, 1.82) is 0 Å². The highest BCUT2D eigenvalue weighted by atomic mass is 32.2. The first-order valence-electron chi connectivity index (χ1n) is 11.2. The molecule has 7 nitrogen and oxygen atoms in total. The van der Waals surface area contributed by atoms with Gasteiger partial charge in [-0.1, -0.05) is 69.3 Å². The molecule has 33 heavy (non-hydrogen) atoms. The Morgan fingerprint density at radius 1 is 1.00 bits per heavy atom. The minimum absolute atomic E-state index is 0.207. The lowest BCUT2D eigenvalue weighted by atomic mass is 10.1. The summed E-state index contributed by atoms with van der Waals surface area (Å²) in [6.45, 7) is 7.97. The zero-order chi connectivity index (χ0) is 24.6. The SMILES string of the molecule is CCC(C(=O)NCC(C)C)N(Cc1ccccc1)C(=O)CN(c1ccccc1C)S(C)(=O)=O. The molecular weight excluding hydrogens is 438 g/mol. The lowest BCUT2D eigenvalue weighted by molar-refractivity contribution is -0.140. The van der Waals surface area contributed by atoms with E-state index in [1.807, 2.05) is 57.2 Å². The number of sulfonamides is 1. The maximum atomic E-state index is 13.6. The van der Waals surface area contributed by atoms with E-state index < -0.39 is 22.0 Å². The fourth-order valence-corrected chi connectivity index (χ4v) is 4.47. The minimum Gasteiger partial charge on any atom is -0.354 e. The monoisotopic (exact) mass is 473 g/mol. The van der Waals surface area contributed by atoms with E-state index in [0.717, 1.165) is 21.7 Å². The maximum absolute atomic E-state index is 13.6.